The highest BCUT2D eigenvalue weighted by Crippen LogP contribution is 2.29. The van der Waals surface area contributed by atoms with Crippen LogP contribution in [0, 0.1) is 5.92 Å². The molecule has 7 nitrogen and oxygen atoms in total. The van der Waals surface area contributed by atoms with E-state index in [1.54, 1.807) is 6.20 Å². The van der Waals surface area contributed by atoms with Gasteiger partial charge in [-0.05, 0) is 60.2 Å². The fraction of sp³-hybridized carbons (Fsp3) is 0.269. The van der Waals surface area contributed by atoms with Gasteiger partial charge in [-0.2, -0.15) is 0 Å². The Morgan fingerprint density at radius 2 is 2.03 bits per heavy atom. The molecule has 6 rings (SSSR count). The maximum atomic E-state index is 9.21. The first-order chi connectivity index (χ1) is 16.3. The minimum Gasteiger partial charge on any atom is -0.396 e. The molecule has 166 valence electrons. The molecule has 2 aromatic carbocycles. The Kier molecular flexibility index (Phi) is 5.03. The zero-order chi connectivity index (χ0) is 22.2. The Labute approximate surface area is 192 Å². The number of rotatable bonds is 6. The fourth-order valence-corrected chi connectivity index (χ4v) is 4.80. The molecule has 7 heteroatoms. The van der Waals surface area contributed by atoms with Crippen molar-refractivity contribution in [2.24, 2.45) is 10.9 Å². The normalized spacial score (nSPS) is 17.1. The maximum absolute atomic E-state index is 9.21. The topological polar surface area (TPSA) is 78.0 Å². The van der Waals surface area contributed by atoms with Gasteiger partial charge in [-0.15, -0.1) is 0 Å². The van der Waals surface area contributed by atoms with Crippen LogP contribution in [-0.2, 0) is 6.54 Å². The molecule has 4 heterocycles. The second kappa shape index (κ2) is 8.33. The molecular weight excluding hydrogens is 412 g/mol. The Hall–Kier alpha value is -3.71. The van der Waals surface area contributed by atoms with Crippen LogP contribution in [0.4, 0.5) is 17.2 Å². The molecule has 0 bridgehead atoms. The van der Waals surface area contributed by atoms with Crippen LogP contribution in [0.15, 0.2) is 66.0 Å². The smallest absolute Gasteiger partial charge is 0.180 e. The number of aliphatic imine (C=N–C) groups is 1. The fourth-order valence-electron chi connectivity index (χ4n) is 4.80. The Morgan fingerprint density at radius 3 is 2.91 bits per heavy atom. The summed E-state index contributed by atoms with van der Waals surface area (Å²) in [6, 6.07) is 14.9. The second-order valence-corrected chi connectivity index (χ2v) is 8.80. The van der Waals surface area contributed by atoms with E-state index in [4.69, 9.17) is 4.98 Å². The molecule has 1 saturated heterocycles. The molecule has 2 aliphatic rings. The number of benzene rings is 2. The van der Waals surface area contributed by atoms with Gasteiger partial charge in [0.05, 0.1) is 12.2 Å². The van der Waals surface area contributed by atoms with Crippen molar-refractivity contribution in [2.75, 3.05) is 29.9 Å². The molecule has 1 atom stereocenters. The molecule has 1 unspecified atom stereocenters. The average Bonchev–Trinajstić information content (AvgIpc) is 3.60. The van der Waals surface area contributed by atoms with E-state index in [1.807, 2.05) is 23.0 Å². The Bertz CT molecular complexity index is 1330. The van der Waals surface area contributed by atoms with Crippen molar-refractivity contribution in [3.8, 4) is 11.3 Å². The number of imidazole rings is 1. The Morgan fingerprint density at radius 1 is 1.12 bits per heavy atom. The van der Waals surface area contributed by atoms with E-state index in [0.717, 1.165) is 60.9 Å². The lowest BCUT2D eigenvalue weighted by Gasteiger charge is -2.19. The van der Waals surface area contributed by atoms with Crippen LogP contribution < -0.4 is 10.2 Å². The van der Waals surface area contributed by atoms with Crippen molar-refractivity contribution in [1.82, 2.24) is 14.4 Å². The summed E-state index contributed by atoms with van der Waals surface area (Å²) >= 11 is 0. The van der Waals surface area contributed by atoms with Gasteiger partial charge in [0.25, 0.3) is 0 Å². The summed E-state index contributed by atoms with van der Waals surface area (Å²) in [5, 5.41) is 12.7. The quantitative estimate of drug-likeness (QED) is 0.470. The molecule has 0 saturated carbocycles. The molecule has 4 aromatic rings. The molecule has 0 spiro atoms. The third kappa shape index (κ3) is 3.85. The molecule has 0 radical (unpaired) electrons. The first kappa shape index (κ1) is 19.9. The lowest BCUT2D eigenvalue weighted by molar-refractivity contribution is 0.263. The lowest BCUT2D eigenvalue weighted by Crippen LogP contribution is -2.19. The highest BCUT2D eigenvalue weighted by Gasteiger charge is 2.22. The predicted molar refractivity (Wildman–Crippen MR) is 131 cm³/mol. The number of aliphatic hydroxyl groups is 1. The van der Waals surface area contributed by atoms with Crippen LogP contribution >= 0.6 is 0 Å². The predicted octanol–water partition coefficient (Wildman–Crippen LogP) is 4.28. The van der Waals surface area contributed by atoms with E-state index >= 15 is 0 Å². The van der Waals surface area contributed by atoms with Crippen LogP contribution in [0.3, 0.4) is 0 Å². The zero-order valence-electron chi connectivity index (χ0n) is 18.4. The largest absolute Gasteiger partial charge is 0.396 e. The van der Waals surface area contributed by atoms with Gasteiger partial charge in [0, 0.05) is 61.4 Å². The van der Waals surface area contributed by atoms with Gasteiger partial charge in [0.15, 0.2) is 11.5 Å². The number of aliphatic hydroxyl groups excluding tert-OH is 1. The molecule has 2 N–H and O–H groups in total. The summed E-state index contributed by atoms with van der Waals surface area (Å²) < 4.78 is 2.01. The number of fused-ring (bicyclic) bond motifs is 2. The third-order valence-corrected chi connectivity index (χ3v) is 6.62. The lowest BCUT2D eigenvalue weighted by atomic mass is 10.0. The van der Waals surface area contributed by atoms with E-state index in [2.05, 4.69) is 62.7 Å². The van der Waals surface area contributed by atoms with Crippen LogP contribution in [0.2, 0.25) is 0 Å². The van der Waals surface area contributed by atoms with Crippen LogP contribution in [0.25, 0.3) is 16.9 Å². The number of anilines is 3. The summed E-state index contributed by atoms with van der Waals surface area (Å²) in [7, 11) is 0. The highest BCUT2D eigenvalue weighted by atomic mass is 16.3. The first-order valence-corrected chi connectivity index (χ1v) is 11.5. The number of hydrogen-bond donors (Lipinski definition) is 2. The molecule has 33 heavy (non-hydrogen) atoms. The van der Waals surface area contributed by atoms with Gasteiger partial charge in [-0.3, -0.25) is 4.99 Å². The monoisotopic (exact) mass is 438 g/mol. The molecule has 2 aliphatic heterocycles. The number of nitrogens with zero attached hydrogens (tertiary/aromatic N) is 5. The van der Waals surface area contributed by atoms with Crippen molar-refractivity contribution in [3.05, 3.63) is 72.2 Å². The number of aromatic nitrogens is 3. The van der Waals surface area contributed by atoms with E-state index in [0.29, 0.717) is 5.92 Å². The summed E-state index contributed by atoms with van der Waals surface area (Å²) in [5.41, 5.74) is 7.35. The van der Waals surface area contributed by atoms with E-state index < -0.39 is 0 Å². The van der Waals surface area contributed by atoms with Crippen molar-refractivity contribution in [2.45, 2.75) is 19.4 Å². The van der Waals surface area contributed by atoms with Gasteiger partial charge in [-0.1, -0.05) is 12.1 Å². The summed E-state index contributed by atoms with van der Waals surface area (Å²) in [6.07, 6.45) is 9.71. The molecule has 1 fully saturated rings. The molecule has 2 aromatic heterocycles. The molecular formula is C26H26N6O. The molecule has 0 amide bonds. The summed E-state index contributed by atoms with van der Waals surface area (Å²) in [6.45, 7) is 3.06. The van der Waals surface area contributed by atoms with Crippen LogP contribution in [-0.4, -0.2) is 45.4 Å². The van der Waals surface area contributed by atoms with Crippen molar-refractivity contribution in [3.63, 3.8) is 0 Å². The van der Waals surface area contributed by atoms with E-state index in [9.17, 15) is 5.11 Å². The van der Waals surface area contributed by atoms with Gasteiger partial charge in [0.2, 0.25) is 0 Å². The van der Waals surface area contributed by atoms with E-state index in [-0.39, 0.29) is 6.61 Å². The van der Waals surface area contributed by atoms with Gasteiger partial charge >= 0.3 is 0 Å². The summed E-state index contributed by atoms with van der Waals surface area (Å²) in [5.74, 6) is 1.31. The second-order valence-electron chi connectivity index (χ2n) is 8.80. The minimum absolute atomic E-state index is 0.273. The highest BCUT2D eigenvalue weighted by molar-refractivity contribution is 5.86. The standard InChI is InChI=1S/C26H26N6O/c33-12-8-18-7-10-31(16-18)23-5-3-22(4-6-23)29-25-26-28-9-11-32(26)17-24(30-25)19-1-2-20-14-27-15-21(20)13-19/h1-6,9,11,13-14,17-18,33H,7-8,10,12,15-16H2,(H,29,30). The Balaban J connectivity index is 1.26. The van der Waals surface area contributed by atoms with Crippen molar-refractivity contribution in [1.29, 1.82) is 0 Å². The zero-order valence-corrected chi connectivity index (χ0v) is 18.4. The minimum atomic E-state index is 0.273. The van der Waals surface area contributed by atoms with Crippen LogP contribution in [0.1, 0.15) is 24.0 Å². The summed E-state index contributed by atoms with van der Waals surface area (Å²) in [4.78, 5) is 16.2. The van der Waals surface area contributed by atoms with Crippen molar-refractivity contribution >= 4 is 29.1 Å². The SMILES string of the molecule is OCCC1CCN(c2ccc(Nc3nc(-c4ccc5c(c4)CN=C5)cn4ccnc34)cc2)C1. The number of nitrogens with one attached hydrogen (secondary N) is 1. The van der Waals surface area contributed by atoms with E-state index in [1.165, 1.54) is 16.8 Å². The first-order valence-electron chi connectivity index (χ1n) is 11.5. The van der Waals surface area contributed by atoms with Crippen molar-refractivity contribution < 1.29 is 5.11 Å². The number of hydrogen-bond acceptors (Lipinski definition) is 6. The third-order valence-electron chi connectivity index (χ3n) is 6.62. The van der Waals surface area contributed by atoms with Gasteiger partial charge < -0.3 is 19.7 Å². The average molecular weight is 439 g/mol. The maximum Gasteiger partial charge on any atom is 0.180 e. The van der Waals surface area contributed by atoms with Gasteiger partial charge in [0.1, 0.15) is 0 Å². The molecule has 0 aliphatic carbocycles. The van der Waals surface area contributed by atoms with Crippen LogP contribution in [0.5, 0.6) is 0 Å². The van der Waals surface area contributed by atoms with Gasteiger partial charge in [-0.25, -0.2) is 9.97 Å².